The highest BCUT2D eigenvalue weighted by molar-refractivity contribution is 5.53. The molecule has 156 valence electrons. The molecular weight excluding hydrogens is 376 g/mol. The van der Waals surface area contributed by atoms with Crippen molar-refractivity contribution in [3.63, 3.8) is 0 Å². The van der Waals surface area contributed by atoms with Crippen molar-refractivity contribution in [1.82, 2.24) is 0 Å². The summed E-state index contributed by atoms with van der Waals surface area (Å²) in [7, 11) is 0. The summed E-state index contributed by atoms with van der Waals surface area (Å²) in [5.41, 5.74) is 6.92. The quantitative estimate of drug-likeness (QED) is 0.346. The normalized spacial score (nSPS) is 14.0. The van der Waals surface area contributed by atoms with Crippen molar-refractivity contribution in [2.75, 3.05) is 0 Å². The highest BCUT2D eigenvalue weighted by Crippen LogP contribution is 2.41. The van der Waals surface area contributed by atoms with E-state index in [1.54, 1.807) is 0 Å². The van der Waals surface area contributed by atoms with E-state index in [1.165, 1.54) is 22.3 Å². The molecule has 0 saturated carbocycles. The molecule has 31 heavy (non-hydrogen) atoms. The minimum atomic E-state index is 0.103. The fraction of sp³-hybridized carbons (Fsp3) is 0.200. The maximum Gasteiger partial charge on any atom is 0.123 e. The Bertz CT molecular complexity index is 1050. The van der Waals surface area contributed by atoms with E-state index in [2.05, 4.69) is 112 Å². The van der Waals surface area contributed by atoms with Crippen LogP contribution in [-0.4, -0.2) is 5.11 Å². The number of phenolic OH excluding ortho intramolecular Hbond substituents is 1. The molecular formula is C30H30O. The predicted octanol–water partition coefficient (Wildman–Crippen LogP) is 7.85. The van der Waals surface area contributed by atoms with Gasteiger partial charge in [-0.3, -0.25) is 0 Å². The molecule has 0 saturated heterocycles. The van der Waals surface area contributed by atoms with Crippen LogP contribution in [0.15, 0.2) is 103 Å². The first kappa shape index (κ1) is 20.9. The highest BCUT2D eigenvalue weighted by Gasteiger charge is 2.23. The molecule has 0 radical (unpaired) electrons. The van der Waals surface area contributed by atoms with Crippen LogP contribution in [0.25, 0.3) is 0 Å². The first-order chi connectivity index (χ1) is 15.1. The molecule has 0 fully saturated rings. The van der Waals surface area contributed by atoms with Gasteiger partial charge < -0.3 is 5.11 Å². The van der Waals surface area contributed by atoms with Crippen LogP contribution in [0.5, 0.6) is 5.75 Å². The summed E-state index contributed by atoms with van der Waals surface area (Å²) in [6.45, 7) is 6.60. The standard InChI is InChI=1S/C30H30O/c1-21(24-13-7-4-8-14-24)27-19-28(22(2)25-15-9-5-10-16-25)30(31)29(20-27)23(3)26-17-11-6-12-18-26/h4-23,31H,1-3H3/t21-,22-,23-/m1/s1. The molecule has 1 heteroatoms. The zero-order chi connectivity index (χ0) is 21.8. The Kier molecular flexibility index (Phi) is 6.23. The van der Waals surface area contributed by atoms with Crippen molar-refractivity contribution in [3.8, 4) is 5.75 Å². The number of hydrogen-bond acceptors (Lipinski definition) is 1. The Morgan fingerprint density at radius 1 is 0.452 bits per heavy atom. The zero-order valence-corrected chi connectivity index (χ0v) is 18.5. The molecule has 0 amide bonds. The van der Waals surface area contributed by atoms with Crippen molar-refractivity contribution in [2.24, 2.45) is 0 Å². The van der Waals surface area contributed by atoms with Gasteiger partial charge in [0.15, 0.2) is 0 Å². The van der Waals surface area contributed by atoms with E-state index in [0.29, 0.717) is 5.75 Å². The molecule has 4 aromatic carbocycles. The van der Waals surface area contributed by atoms with E-state index in [-0.39, 0.29) is 17.8 Å². The number of benzene rings is 4. The number of rotatable bonds is 6. The molecule has 0 aromatic heterocycles. The van der Waals surface area contributed by atoms with Crippen molar-refractivity contribution < 1.29 is 5.11 Å². The molecule has 4 aromatic rings. The molecule has 0 unspecified atom stereocenters. The van der Waals surface area contributed by atoms with Gasteiger partial charge in [0.25, 0.3) is 0 Å². The molecule has 0 aliphatic rings. The van der Waals surface area contributed by atoms with Gasteiger partial charge in [0, 0.05) is 28.9 Å². The second-order valence-corrected chi connectivity index (χ2v) is 8.45. The van der Waals surface area contributed by atoms with Crippen LogP contribution in [0.4, 0.5) is 0 Å². The van der Waals surface area contributed by atoms with Crippen LogP contribution < -0.4 is 0 Å². The molecule has 1 N–H and O–H groups in total. The predicted molar refractivity (Wildman–Crippen MR) is 130 cm³/mol. The summed E-state index contributed by atoms with van der Waals surface area (Å²) >= 11 is 0. The number of phenols is 1. The summed E-state index contributed by atoms with van der Waals surface area (Å²) in [6, 6.07) is 35.9. The lowest BCUT2D eigenvalue weighted by Gasteiger charge is -2.24. The Morgan fingerprint density at radius 3 is 1.13 bits per heavy atom. The molecule has 4 rings (SSSR count). The second kappa shape index (κ2) is 9.22. The van der Waals surface area contributed by atoms with Gasteiger partial charge in [-0.2, -0.15) is 0 Å². The molecule has 1 nitrogen and oxygen atoms in total. The Hall–Kier alpha value is -3.32. The van der Waals surface area contributed by atoms with Crippen LogP contribution >= 0.6 is 0 Å². The molecule has 0 aliphatic carbocycles. The average molecular weight is 407 g/mol. The lowest BCUT2D eigenvalue weighted by atomic mass is 9.82. The molecule has 3 atom stereocenters. The Morgan fingerprint density at radius 2 is 0.774 bits per heavy atom. The topological polar surface area (TPSA) is 20.2 Å². The first-order valence-corrected chi connectivity index (χ1v) is 11.1. The third kappa shape index (κ3) is 4.41. The fourth-order valence-corrected chi connectivity index (χ4v) is 4.39. The molecule has 0 bridgehead atoms. The third-order valence-corrected chi connectivity index (χ3v) is 6.52. The van der Waals surface area contributed by atoms with Gasteiger partial charge in [0.1, 0.15) is 5.75 Å². The van der Waals surface area contributed by atoms with E-state index in [0.717, 1.165) is 11.1 Å². The molecule has 0 heterocycles. The maximum atomic E-state index is 11.4. The van der Waals surface area contributed by atoms with Gasteiger partial charge in [0.05, 0.1) is 0 Å². The summed E-state index contributed by atoms with van der Waals surface area (Å²) in [5, 5.41) is 11.4. The monoisotopic (exact) mass is 406 g/mol. The van der Waals surface area contributed by atoms with Crippen molar-refractivity contribution in [3.05, 3.63) is 137 Å². The van der Waals surface area contributed by atoms with E-state index < -0.39 is 0 Å². The summed E-state index contributed by atoms with van der Waals surface area (Å²) in [4.78, 5) is 0. The van der Waals surface area contributed by atoms with Crippen LogP contribution in [-0.2, 0) is 0 Å². The van der Waals surface area contributed by atoms with Gasteiger partial charge in [-0.1, -0.05) is 124 Å². The smallest absolute Gasteiger partial charge is 0.123 e. The van der Waals surface area contributed by atoms with E-state index >= 15 is 0 Å². The van der Waals surface area contributed by atoms with E-state index in [9.17, 15) is 5.11 Å². The van der Waals surface area contributed by atoms with Gasteiger partial charge >= 0.3 is 0 Å². The van der Waals surface area contributed by atoms with Crippen LogP contribution in [0, 0.1) is 0 Å². The summed E-state index contributed by atoms with van der Waals surface area (Å²) in [5.74, 6) is 0.860. The van der Waals surface area contributed by atoms with Crippen molar-refractivity contribution >= 4 is 0 Å². The van der Waals surface area contributed by atoms with Gasteiger partial charge in [-0.25, -0.2) is 0 Å². The minimum Gasteiger partial charge on any atom is -0.507 e. The molecule has 0 aliphatic heterocycles. The van der Waals surface area contributed by atoms with Crippen molar-refractivity contribution in [1.29, 1.82) is 0 Å². The van der Waals surface area contributed by atoms with E-state index in [1.807, 2.05) is 12.1 Å². The first-order valence-electron chi connectivity index (χ1n) is 11.1. The lowest BCUT2D eigenvalue weighted by molar-refractivity contribution is 0.456. The Balaban J connectivity index is 1.86. The summed E-state index contributed by atoms with van der Waals surface area (Å²) in [6.07, 6.45) is 0. The SMILES string of the molecule is C[C@H](c1ccccc1)c1cc([C@H](C)c2ccccc2)c(O)c([C@H](C)c2ccccc2)c1. The summed E-state index contributed by atoms with van der Waals surface area (Å²) < 4.78 is 0. The number of hydrogen-bond donors (Lipinski definition) is 1. The average Bonchev–Trinajstić information content (AvgIpc) is 2.84. The van der Waals surface area contributed by atoms with Crippen LogP contribution in [0.3, 0.4) is 0 Å². The second-order valence-electron chi connectivity index (χ2n) is 8.45. The zero-order valence-electron chi connectivity index (χ0n) is 18.5. The van der Waals surface area contributed by atoms with E-state index in [4.69, 9.17) is 0 Å². The maximum absolute atomic E-state index is 11.4. The highest BCUT2D eigenvalue weighted by atomic mass is 16.3. The van der Waals surface area contributed by atoms with Crippen molar-refractivity contribution in [2.45, 2.75) is 38.5 Å². The lowest BCUT2D eigenvalue weighted by Crippen LogP contribution is -2.06. The largest absolute Gasteiger partial charge is 0.507 e. The van der Waals surface area contributed by atoms with Gasteiger partial charge in [0.2, 0.25) is 0 Å². The Labute approximate surface area is 186 Å². The van der Waals surface area contributed by atoms with Crippen LogP contribution in [0.2, 0.25) is 0 Å². The van der Waals surface area contributed by atoms with Gasteiger partial charge in [-0.15, -0.1) is 0 Å². The fourth-order valence-electron chi connectivity index (χ4n) is 4.39. The number of aromatic hydroxyl groups is 1. The van der Waals surface area contributed by atoms with Crippen LogP contribution in [0.1, 0.15) is 71.9 Å². The third-order valence-electron chi connectivity index (χ3n) is 6.52. The van der Waals surface area contributed by atoms with Gasteiger partial charge in [-0.05, 0) is 22.3 Å². The minimum absolute atomic E-state index is 0.103. The molecule has 0 spiro atoms.